The Kier molecular flexibility index (Phi) is 4.99. The number of ether oxygens (including phenoxy) is 1. The van der Waals surface area contributed by atoms with Crippen LogP contribution in [0.3, 0.4) is 0 Å². The Morgan fingerprint density at radius 1 is 1.44 bits per heavy atom. The van der Waals surface area contributed by atoms with E-state index in [2.05, 4.69) is 24.1 Å². The van der Waals surface area contributed by atoms with Crippen LogP contribution in [0.2, 0.25) is 0 Å². The van der Waals surface area contributed by atoms with Crippen LogP contribution in [-0.2, 0) is 4.74 Å². The van der Waals surface area contributed by atoms with Crippen molar-refractivity contribution in [3.8, 4) is 0 Å². The zero-order valence-electron chi connectivity index (χ0n) is 10.2. The summed E-state index contributed by atoms with van der Waals surface area (Å²) in [7, 11) is 0. The molecule has 0 saturated carbocycles. The van der Waals surface area contributed by atoms with E-state index in [1.54, 1.807) is 6.92 Å². The van der Waals surface area contributed by atoms with E-state index in [9.17, 15) is 4.79 Å². The Labute approximate surface area is 102 Å². The minimum absolute atomic E-state index is 0.361. The lowest BCUT2D eigenvalue weighted by Gasteiger charge is -2.40. The Bertz CT molecular complexity index is 261. The number of rotatable bonds is 1. The second kappa shape index (κ2) is 6.03. The van der Waals surface area contributed by atoms with Gasteiger partial charge in [0.05, 0.1) is 6.61 Å². The summed E-state index contributed by atoms with van der Waals surface area (Å²) in [5.41, 5.74) is 0. The first-order valence-electron chi connectivity index (χ1n) is 5.82. The van der Waals surface area contributed by atoms with E-state index < -0.39 is 6.09 Å². The van der Waals surface area contributed by atoms with Crippen molar-refractivity contribution < 1.29 is 9.53 Å². The molecule has 92 valence electrons. The minimum atomic E-state index is -0.461. The van der Waals surface area contributed by atoms with E-state index in [1.807, 2.05) is 0 Å². The fourth-order valence-corrected chi connectivity index (χ4v) is 2.58. The molecular formula is C11H20N2O2S. The number of hydrogen-bond donors (Lipinski definition) is 1. The number of amides is 1. The first-order valence-corrected chi connectivity index (χ1v) is 6.23. The van der Waals surface area contributed by atoms with E-state index in [0.717, 1.165) is 12.8 Å². The van der Waals surface area contributed by atoms with E-state index >= 15 is 0 Å². The maximum absolute atomic E-state index is 11.3. The maximum atomic E-state index is 11.3. The van der Waals surface area contributed by atoms with Gasteiger partial charge in [0.1, 0.15) is 0 Å². The molecule has 0 bridgehead atoms. The van der Waals surface area contributed by atoms with Crippen LogP contribution >= 0.6 is 12.2 Å². The average molecular weight is 244 g/mol. The minimum Gasteiger partial charge on any atom is -0.450 e. The second-order valence-electron chi connectivity index (χ2n) is 4.19. The third kappa shape index (κ3) is 3.33. The molecule has 2 atom stereocenters. The van der Waals surface area contributed by atoms with Gasteiger partial charge in [-0.3, -0.25) is 5.32 Å². The van der Waals surface area contributed by atoms with E-state index in [4.69, 9.17) is 17.0 Å². The standard InChI is InChI=1S/C11H20N2O2S/c1-4-15-11(14)12-10(16)13-8(2)6-5-7-9(13)3/h8-9H,4-7H2,1-3H3,(H,12,14,16). The molecule has 5 heteroatoms. The van der Waals surface area contributed by atoms with E-state index in [0.29, 0.717) is 23.8 Å². The zero-order chi connectivity index (χ0) is 12.1. The molecule has 0 aromatic carbocycles. The number of nitrogens with zero attached hydrogens (tertiary/aromatic N) is 1. The van der Waals surface area contributed by atoms with Gasteiger partial charge in [-0.1, -0.05) is 0 Å². The van der Waals surface area contributed by atoms with Crippen LogP contribution in [0.25, 0.3) is 0 Å². The lowest BCUT2D eigenvalue weighted by molar-refractivity contribution is 0.151. The van der Waals surface area contributed by atoms with Crippen molar-refractivity contribution in [1.82, 2.24) is 10.2 Å². The normalized spacial score (nSPS) is 25.1. The van der Waals surface area contributed by atoms with Gasteiger partial charge in [0, 0.05) is 12.1 Å². The Morgan fingerprint density at radius 3 is 2.50 bits per heavy atom. The van der Waals surface area contributed by atoms with Gasteiger partial charge in [0.25, 0.3) is 0 Å². The smallest absolute Gasteiger partial charge is 0.413 e. The first-order chi connectivity index (χ1) is 7.56. The molecule has 0 aromatic heterocycles. The van der Waals surface area contributed by atoms with Crippen LogP contribution < -0.4 is 5.32 Å². The van der Waals surface area contributed by atoms with Crippen LogP contribution in [0.4, 0.5) is 4.79 Å². The Hall–Kier alpha value is -0.840. The van der Waals surface area contributed by atoms with Crippen molar-refractivity contribution in [2.24, 2.45) is 0 Å². The van der Waals surface area contributed by atoms with Gasteiger partial charge in [-0.15, -0.1) is 0 Å². The Balaban J connectivity index is 2.54. The fraction of sp³-hybridized carbons (Fsp3) is 0.818. The molecule has 2 unspecified atom stereocenters. The van der Waals surface area contributed by atoms with Crippen molar-refractivity contribution in [3.05, 3.63) is 0 Å². The predicted octanol–water partition coefficient (Wildman–Crippen LogP) is 2.28. The molecule has 1 fully saturated rings. The highest BCUT2D eigenvalue weighted by atomic mass is 32.1. The van der Waals surface area contributed by atoms with E-state index in [1.165, 1.54) is 6.42 Å². The molecular weight excluding hydrogens is 224 g/mol. The monoisotopic (exact) mass is 244 g/mol. The van der Waals surface area contributed by atoms with Crippen molar-refractivity contribution in [2.45, 2.75) is 52.1 Å². The first kappa shape index (κ1) is 13.2. The largest absolute Gasteiger partial charge is 0.450 e. The third-order valence-corrected chi connectivity index (χ3v) is 3.23. The SMILES string of the molecule is CCOC(=O)NC(=S)N1C(C)CCCC1C. The zero-order valence-corrected chi connectivity index (χ0v) is 11.0. The number of alkyl carbamates (subject to hydrolysis) is 1. The summed E-state index contributed by atoms with van der Waals surface area (Å²) in [5.74, 6) is 0. The quantitative estimate of drug-likeness (QED) is 0.719. The summed E-state index contributed by atoms with van der Waals surface area (Å²) in [6, 6.07) is 0.774. The Morgan fingerprint density at radius 2 is 2.00 bits per heavy atom. The number of piperidine rings is 1. The molecule has 1 N–H and O–H groups in total. The van der Waals surface area contributed by atoms with Crippen molar-refractivity contribution in [3.63, 3.8) is 0 Å². The van der Waals surface area contributed by atoms with Crippen LogP contribution in [0, 0.1) is 0 Å². The summed E-state index contributed by atoms with van der Waals surface area (Å²) in [6.45, 7) is 6.40. The summed E-state index contributed by atoms with van der Waals surface area (Å²) in [6.07, 6.45) is 3.00. The molecule has 0 aromatic rings. The summed E-state index contributed by atoms with van der Waals surface area (Å²) >= 11 is 5.23. The highest BCUT2D eigenvalue weighted by molar-refractivity contribution is 7.80. The summed E-state index contributed by atoms with van der Waals surface area (Å²) in [5, 5.41) is 3.09. The number of likely N-dealkylation sites (tertiary alicyclic amines) is 1. The molecule has 1 aliphatic rings. The van der Waals surface area contributed by atoms with Gasteiger partial charge in [-0.25, -0.2) is 4.79 Å². The molecule has 1 heterocycles. The molecule has 1 rings (SSSR count). The van der Waals surface area contributed by atoms with Crippen molar-refractivity contribution in [2.75, 3.05) is 6.61 Å². The predicted molar refractivity (Wildman–Crippen MR) is 67.4 cm³/mol. The van der Waals surface area contributed by atoms with Gasteiger partial charge >= 0.3 is 6.09 Å². The fourth-order valence-electron chi connectivity index (χ4n) is 2.14. The molecule has 4 nitrogen and oxygen atoms in total. The third-order valence-electron chi connectivity index (χ3n) is 2.91. The molecule has 1 aliphatic heterocycles. The van der Waals surface area contributed by atoms with Crippen molar-refractivity contribution in [1.29, 1.82) is 0 Å². The molecule has 0 spiro atoms. The summed E-state index contributed by atoms with van der Waals surface area (Å²) < 4.78 is 4.81. The van der Waals surface area contributed by atoms with Gasteiger partial charge in [0.15, 0.2) is 5.11 Å². The maximum Gasteiger partial charge on any atom is 0.413 e. The molecule has 0 radical (unpaired) electrons. The molecule has 1 saturated heterocycles. The summed E-state index contributed by atoms with van der Waals surface area (Å²) in [4.78, 5) is 13.4. The highest BCUT2D eigenvalue weighted by Gasteiger charge is 2.27. The number of carbonyl (C=O) groups excluding carboxylic acids is 1. The number of thiocarbonyl (C=S) groups is 1. The van der Waals surface area contributed by atoms with Gasteiger partial charge < -0.3 is 9.64 Å². The van der Waals surface area contributed by atoms with Crippen LogP contribution in [0.5, 0.6) is 0 Å². The highest BCUT2D eigenvalue weighted by Crippen LogP contribution is 2.22. The second-order valence-corrected chi connectivity index (χ2v) is 4.57. The topological polar surface area (TPSA) is 41.6 Å². The van der Waals surface area contributed by atoms with Crippen LogP contribution in [0.15, 0.2) is 0 Å². The molecule has 1 amide bonds. The average Bonchev–Trinajstić information content (AvgIpc) is 2.17. The van der Waals surface area contributed by atoms with Gasteiger partial charge in [-0.2, -0.15) is 0 Å². The number of nitrogens with one attached hydrogen (secondary N) is 1. The number of carbonyl (C=O) groups is 1. The van der Waals surface area contributed by atoms with Gasteiger partial charge in [-0.05, 0) is 52.3 Å². The van der Waals surface area contributed by atoms with E-state index in [-0.39, 0.29) is 0 Å². The van der Waals surface area contributed by atoms with Crippen molar-refractivity contribution >= 4 is 23.4 Å². The molecule has 0 aliphatic carbocycles. The molecule has 16 heavy (non-hydrogen) atoms. The van der Waals surface area contributed by atoms with Gasteiger partial charge in [0.2, 0.25) is 0 Å². The lowest BCUT2D eigenvalue weighted by atomic mass is 9.98. The van der Waals surface area contributed by atoms with Crippen LogP contribution in [0.1, 0.15) is 40.0 Å². The van der Waals surface area contributed by atoms with Crippen LogP contribution in [-0.4, -0.2) is 34.8 Å². The lowest BCUT2D eigenvalue weighted by Crippen LogP contribution is -2.52. The number of hydrogen-bond acceptors (Lipinski definition) is 3.